The van der Waals surface area contributed by atoms with Crippen molar-refractivity contribution in [1.82, 2.24) is 4.31 Å². The number of nitrogens with zero attached hydrogens (tertiary/aromatic N) is 2. The van der Waals surface area contributed by atoms with Crippen LogP contribution in [0.15, 0.2) is 30.3 Å². The fourth-order valence-electron chi connectivity index (χ4n) is 3.30. The molecule has 0 saturated heterocycles. The topological polar surface area (TPSA) is 73.0 Å². The smallest absolute Gasteiger partial charge is 0.154 e. The highest BCUT2D eigenvalue weighted by molar-refractivity contribution is 8.23. The summed E-state index contributed by atoms with van der Waals surface area (Å²) >= 11 is 0. The summed E-state index contributed by atoms with van der Waals surface area (Å²) in [6.45, 7) is 2.05. The molecule has 1 aliphatic heterocycles. The average Bonchev–Trinajstić information content (AvgIpc) is 2.60. The van der Waals surface area contributed by atoms with Crippen LogP contribution in [0.2, 0.25) is 0 Å². The van der Waals surface area contributed by atoms with E-state index in [2.05, 4.69) is 0 Å². The van der Waals surface area contributed by atoms with E-state index in [1.807, 2.05) is 0 Å². The van der Waals surface area contributed by atoms with Crippen LogP contribution in [0.4, 0.5) is 28.9 Å². The Labute approximate surface area is 162 Å². The Morgan fingerprint density at radius 3 is 2.32 bits per heavy atom. The second-order valence-corrected chi connectivity index (χ2v) is 8.44. The van der Waals surface area contributed by atoms with Gasteiger partial charge >= 0.3 is 0 Å². The predicted molar refractivity (Wildman–Crippen MR) is 101 cm³/mol. The van der Waals surface area contributed by atoms with E-state index < -0.39 is 46.0 Å². The predicted octanol–water partition coefficient (Wildman–Crippen LogP) is 4.90. The lowest BCUT2D eigenvalue weighted by atomic mass is 10.1. The normalized spacial score (nSPS) is 18.6. The minimum absolute atomic E-state index is 0.0353. The van der Waals surface area contributed by atoms with Crippen LogP contribution in [0, 0.1) is 23.3 Å². The molecule has 5 nitrogen and oxygen atoms in total. The monoisotopic (exact) mass is 419 g/mol. The van der Waals surface area contributed by atoms with Gasteiger partial charge in [-0.15, -0.1) is 0 Å². The third-order valence-corrected chi connectivity index (χ3v) is 6.64. The van der Waals surface area contributed by atoms with Gasteiger partial charge in [0.2, 0.25) is 0 Å². The Kier molecular flexibility index (Phi) is 5.87. The van der Waals surface area contributed by atoms with Crippen LogP contribution in [-0.4, -0.2) is 26.0 Å². The summed E-state index contributed by atoms with van der Waals surface area (Å²) in [4.78, 5) is 0. The zero-order valence-corrected chi connectivity index (χ0v) is 15.9. The number of hydrogen-bond donors (Lipinski definition) is 3. The van der Waals surface area contributed by atoms with Crippen LogP contribution in [0.1, 0.15) is 25.3 Å². The van der Waals surface area contributed by atoms with Crippen molar-refractivity contribution < 1.29 is 26.7 Å². The molecule has 0 amide bonds. The van der Waals surface area contributed by atoms with Crippen molar-refractivity contribution in [2.75, 3.05) is 10.8 Å². The quantitative estimate of drug-likeness (QED) is 0.601. The molecule has 0 radical (unpaired) electrons. The van der Waals surface area contributed by atoms with Gasteiger partial charge in [-0.1, -0.05) is 0 Å². The van der Waals surface area contributed by atoms with Crippen molar-refractivity contribution in [1.29, 1.82) is 0 Å². The van der Waals surface area contributed by atoms with Gasteiger partial charge < -0.3 is 5.73 Å². The summed E-state index contributed by atoms with van der Waals surface area (Å²) in [5.41, 5.74) is 5.05. The first-order chi connectivity index (χ1) is 13.2. The molecule has 154 valence electrons. The molecular weight excluding hydrogens is 398 g/mol. The Morgan fingerprint density at radius 1 is 1.07 bits per heavy atom. The van der Waals surface area contributed by atoms with Gasteiger partial charge in [0.1, 0.15) is 17.3 Å². The van der Waals surface area contributed by atoms with E-state index in [-0.39, 0.29) is 12.2 Å². The summed E-state index contributed by atoms with van der Waals surface area (Å²) in [6, 6.07) is 3.90. The highest BCUT2D eigenvalue weighted by Gasteiger charge is 2.42. The molecule has 1 heterocycles. The van der Waals surface area contributed by atoms with Crippen LogP contribution >= 0.6 is 11.0 Å². The number of nitrogens with two attached hydrogens (primary N) is 1. The number of anilines is 2. The molecule has 2 aromatic carbocycles. The molecule has 1 unspecified atom stereocenters. The SMILES string of the molecule is CC(CCCN)N1Cc2cc(F)ccc2N(c2c(F)cc(F)cc2F)S1(O)O. The molecule has 3 rings (SSSR count). The second kappa shape index (κ2) is 7.88. The Hall–Kier alpha value is -1.85. The van der Waals surface area contributed by atoms with Crippen molar-refractivity contribution in [2.45, 2.75) is 32.4 Å². The molecular formula is C18H21F4N3O2S. The largest absolute Gasteiger partial charge is 0.330 e. The van der Waals surface area contributed by atoms with Gasteiger partial charge in [0, 0.05) is 24.7 Å². The zero-order valence-electron chi connectivity index (χ0n) is 15.1. The summed E-state index contributed by atoms with van der Waals surface area (Å²) < 4.78 is 80.1. The van der Waals surface area contributed by atoms with Gasteiger partial charge in [0.25, 0.3) is 0 Å². The van der Waals surface area contributed by atoms with Crippen LogP contribution in [0.3, 0.4) is 0 Å². The van der Waals surface area contributed by atoms with Gasteiger partial charge in [0.15, 0.2) is 11.6 Å². The lowest BCUT2D eigenvalue weighted by Crippen LogP contribution is -2.46. The Morgan fingerprint density at radius 2 is 1.71 bits per heavy atom. The van der Waals surface area contributed by atoms with E-state index in [4.69, 9.17) is 5.73 Å². The van der Waals surface area contributed by atoms with Gasteiger partial charge in [0.05, 0.1) is 5.69 Å². The minimum atomic E-state index is -3.93. The standard InChI is InChI=1S/C18H21F4N3O2S/c1-11(3-2-6-23)24-10-12-7-13(19)4-5-17(12)25(28(24,26)27)18-15(21)8-14(20)9-16(18)22/h4-5,7-9,11,26-27H,2-3,6,10,23H2,1H3. The van der Waals surface area contributed by atoms with Gasteiger partial charge in [-0.25, -0.2) is 21.9 Å². The van der Waals surface area contributed by atoms with E-state index in [1.54, 1.807) is 6.92 Å². The first-order valence-corrected chi connectivity index (χ1v) is 10.1. The number of hydrogen-bond acceptors (Lipinski definition) is 5. The zero-order chi connectivity index (χ0) is 20.6. The van der Waals surface area contributed by atoms with Crippen molar-refractivity contribution in [2.24, 2.45) is 5.73 Å². The molecule has 10 heteroatoms. The first-order valence-electron chi connectivity index (χ1n) is 8.65. The van der Waals surface area contributed by atoms with Crippen molar-refractivity contribution >= 4 is 22.3 Å². The molecule has 0 bridgehead atoms. The first kappa shape index (κ1) is 20.9. The third-order valence-electron chi connectivity index (χ3n) is 4.65. The fourth-order valence-corrected chi connectivity index (χ4v) is 5.27. The lowest BCUT2D eigenvalue weighted by molar-refractivity contribution is 0.269. The van der Waals surface area contributed by atoms with Crippen LogP contribution in [0.5, 0.6) is 0 Å². The molecule has 0 saturated carbocycles. The molecule has 0 aromatic heterocycles. The van der Waals surface area contributed by atoms with Crippen molar-refractivity contribution in [3.63, 3.8) is 0 Å². The van der Waals surface area contributed by atoms with Gasteiger partial charge in [-0.3, -0.25) is 9.11 Å². The van der Waals surface area contributed by atoms with E-state index in [1.165, 1.54) is 16.4 Å². The average molecular weight is 419 g/mol. The maximum absolute atomic E-state index is 14.5. The number of rotatable bonds is 5. The van der Waals surface area contributed by atoms with Crippen LogP contribution < -0.4 is 10.0 Å². The van der Waals surface area contributed by atoms with Crippen LogP contribution in [0.25, 0.3) is 0 Å². The molecule has 28 heavy (non-hydrogen) atoms. The summed E-state index contributed by atoms with van der Waals surface area (Å²) in [5, 5.41) is 0. The fraction of sp³-hybridized carbons (Fsp3) is 0.333. The van der Waals surface area contributed by atoms with Crippen molar-refractivity contribution in [3.05, 3.63) is 59.2 Å². The number of fused-ring (bicyclic) bond motifs is 1. The summed E-state index contributed by atoms with van der Waals surface area (Å²) in [7, 11) is -3.93. The Balaban J connectivity index is 2.19. The number of benzene rings is 2. The number of halogens is 4. The molecule has 1 aliphatic rings. The molecule has 0 aliphatic carbocycles. The highest BCUT2D eigenvalue weighted by atomic mass is 32.3. The highest BCUT2D eigenvalue weighted by Crippen LogP contribution is 2.60. The van der Waals surface area contributed by atoms with E-state index in [0.29, 0.717) is 41.4 Å². The molecule has 1 atom stereocenters. The second-order valence-electron chi connectivity index (χ2n) is 6.63. The van der Waals surface area contributed by atoms with E-state index >= 15 is 0 Å². The van der Waals surface area contributed by atoms with E-state index in [9.17, 15) is 26.7 Å². The lowest BCUT2D eigenvalue weighted by Gasteiger charge is -2.55. The van der Waals surface area contributed by atoms with Crippen LogP contribution in [-0.2, 0) is 6.54 Å². The molecule has 0 spiro atoms. The van der Waals surface area contributed by atoms with Gasteiger partial charge in [-0.05, 0) is 61.0 Å². The maximum Gasteiger partial charge on any atom is 0.154 e. The maximum atomic E-state index is 14.5. The third kappa shape index (κ3) is 3.70. The molecule has 0 fully saturated rings. The van der Waals surface area contributed by atoms with E-state index in [0.717, 1.165) is 6.07 Å². The Bertz CT molecular complexity index is 861. The summed E-state index contributed by atoms with van der Waals surface area (Å²) in [6.07, 6.45) is 1.07. The molecule has 2 aromatic rings. The van der Waals surface area contributed by atoms with Crippen molar-refractivity contribution in [3.8, 4) is 0 Å². The molecule has 4 N–H and O–H groups in total. The minimum Gasteiger partial charge on any atom is -0.330 e. The summed E-state index contributed by atoms with van der Waals surface area (Å²) in [5.74, 6) is -4.32. The van der Waals surface area contributed by atoms with Gasteiger partial charge in [-0.2, -0.15) is 4.31 Å².